The molecule has 154 valence electrons. The van der Waals surface area contributed by atoms with E-state index in [1.54, 1.807) is 0 Å². The molecule has 8 heteroatoms. The third-order valence-electron chi connectivity index (χ3n) is 4.49. The van der Waals surface area contributed by atoms with Crippen LogP contribution in [0, 0.1) is 12.7 Å². The van der Waals surface area contributed by atoms with Gasteiger partial charge < -0.3 is 19.4 Å². The topological polar surface area (TPSA) is 38.7 Å². The fourth-order valence-corrected chi connectivity index (χ4v) is 3.03. The molecule has 3 aromatic rings. The Balaban J connectivity index is 0.000000175. The quantitative estimate of drug-likeness (QED) is 0.354. The van der Waals surface area contributed by atoms with Crippen LogP contribution in [0.2, 0.25) is 0 Å². The number of nitrogens with zero attached hydrogens (tertiary/aromatic N) is 6. The Morgan fingerprint density at radius 3 is 1.97 bits per heavy atom. The van der Waals surface area contributed by atoms with Gasteiger partial charge in [0.1, 0.15) is 11.6 Å². The summed E-state index contributed by atoms with van der Waals surface area (Å²) in [5, 5.41) is 0. The number of hydrogen-bond donors (Lipinski definition) is 0. The van der Waals surface area contributed by atoms with Crippen LogP contribution in [0.1, 0.15) is 0 Å². The average molecular weight is 573 g/mol. The molecule has 1 aromatic carbocycles. The summed E-state index contributed by atoms with van der Waals surface area (Å²) in [6.45, 7) is 3.88. The van der Waals surface area contributed by atoms with Crippen LogP contribution in [0.5, 0.6) is 0 Å². The van der Waals surface area contributed by atoms with Gasteiger partial charge in [-0.15, -0.1) is 5.69 Å². The number of aromatic nitrogens is 2. The second-order valence-corrected chi connectivity index (χ2v) is 6.61. The predicted octanol–water partition coefficient (Wildman–Crippen LogP) is 3.16. The Hall–Kier alpha value is -2.83. The molecule has 2 radical (unpaired) electrons. The van der Waals surface area contributed by atoms with Crippen molar-refractivity contribution in [2.24, 2.45) is 0 Å². The third-order valence-corrected chi connectivity index (χ3v) is 4.49. The maximum atomic E-state index is 4.34. The van der Waals surface area contributed by atoms with Gasteiger partial charge in [0.05, 0.1) is 0 Å². The summed E-state index contributed by atoms with van der Waals surface area (Å²) in [4.78, 5) is 17.0. The van der Waals surface area contributed by atoms with Crippen LogP contribution in [0.15, 0.2) is 85.5 Å². The standard InChI is InChI=1S/C12H12BN4.C10H10N2.Ir/c1-3-7-14-11(5-1)16-9-10-17(13-16)12-6-2-4-8-15-12;1-11-7-8-12(9-11)10-5-3-2-4-6-10;/h1-8H,9-10H2;2-5,7-9H,1H3;/q;-2;. The van der Waals surface area contributed by atoms with Gasteiger partial charge in [0.25, 0.3) is 0 Å². The van der Waals surface area contributed by atoms with E-state index in [2.05, 4.69) is 33.2 Å². The first-order valence-corrected chi connectivity index (χ1v) is 9.50. The molecule has 2 aliphatic rings. The van der Waals surface area contributed by atoms with Gasteiger partial charge >= 0.3 is 7.55 Å². The molecular weight excluding hydrogens is 551 g/mol. The van der Waals surface area contributed by atoms with Crippen molar-refractivity contribution in [1.82, 2.24) is 14.9 Å². The van der Waals surface area contributed by atoms with Crippen molar-refractivity contribution in [2.45, 2.75) is 0 Å². The molecule has 2 aromatic heterocycles. The van der Waals surface area contributed by atoms with Crippen LogP contribution >= 0.6 is 0 Å². The molecule has 1 saturated heterocycles. The van der Waals surface area contributed by atoms with Crippen molar-refractivity contribution >= 4 is 24.9 Å². The second-order valence-electron chi connectivity index (χ2n) is 6.61. The molecule has 0 amide bonds. The van der Waals surface area contributed by atoms with E-state index < -0.39 is 0 Å². The smallest absolute Gasteiger partial charge is 0.394 e. The summed E-state index contributed by atoms with van der Waals surface area (Å²) in [5.74, 6) is 1.96. The first-order chi connectivity index (χ1) is 14.3. The number of benzene rings is 1. The molecule has 4 heterocycles. The fraction of sp³-hybridized carbons (Fsp3) is 0.136. The van der Waals surface area contributed by atoms with Gasteiger partial charge in [0.2, 0.25) is 0 Å². The summed E-state index contributed by atoms with van der Waals surface area (Å²) >= 11 is 0. The minimum atomic E-state index is 0. The van der Waals surface area contributed by atoms with Crippen molar-refractivity contribution in [2.75, 3.05) is 34.7 Å². The molecule has 30 heavy (non-hydrogen) atoms. The van der Waals surface area contributed by atoms with Crippen molar-refractivity contribution in [3.63, 3.8) is 0 Å². The first-order valence-electron chi connectivity index (χ1n) is 9.50. The molecule has 0 saturated carbocycles. The Kier molecular flexibility index (Phi) is 7.88. The average Bonchev–Trinajstić information content (AvgIpc) is 3.46. The van der Waals surface area contributed by atoms with E-state index >= 15 is 0 Å². The van der Waals surface area contributed by atoms with Crippen LogP contribution in [-0.2, 0) is 20.1 Å². The van der Waals surface area contributed by atoms with Crippen molar-refractivity contribution in [3.05, 3.63) is 98.2 Å². The number of para-hydroxylation sites is 1. The van der Waals surface area contributed by atoms with Crippen molar-refractivity contribution < 1.29 is 20.1 Å². The molecular formula is C22H22BIrN6-2. The Labute approximate surface area is 192 Å². The normalized spacial score (nSPS) is 14.7. The van der Waals surface area contributed by atoms with Gasteiger partial charge in [-0.1, -0.05) is 12.1 Å². The molecule has 6 nitrogen and oxygen atoms in total. The van der Waals surface area contributed by atoms with E-state index in [0.717, 1.165) is 30.4 Å². The summed E-state index contributed by atoms with van der Waals surface area (Å²) in [6, 6.07) is 22.9. The third kappa shape index (κ3) is 5.62. The molecule has 5 rings (SSSR count). The second kappa shape index (κ2) is 10.8. The van der Waals surface area contributed by atoms with Crippen LogP contribution in [0.3, 0.4) is 0 Å². The Morgan fingerprint density at radius 2 is 1.50 bits per heavy atom. The zero-order chi connectivity index (χ0) is 19.9. The van der Waals surface area contributed by atoms with E-state index in [9.17, 15) is 0 Å². The monoisotopic (exact) mass is 574 g/mol. The van der Waals surface area contributed by atoms with Gasteiger partial charge in [-0.05, 0) is 43.7 Å². The van der Waals surface area contributed by atoms with Crippen LogP contribution in [0.25, 0.3) is 0 Å². The molecule has 0 N–H and O–H groups in total. The maximum Gasteiger partial charge on any atom is 0.394 e. The molecule has 0 spiro atoms. The zero-order valence-corrected chi connectivity index (χ0v) is 19.1. The Bertz CT molecular complexity index is 867. The minimum absolute atomic E-state index is 0. The SMILES string of the molecule is CN1C=CN(c2[c-]cccc2)[CH-]1.[B]1N(c2ccccn2)CCN1c1ccccn1.[Ir]. The van der Waals surface area contributed by atoms with E-state index in [0.29, 0.717) is 0 Å². The maximum absolute atomic E-state index is 4.34. The zero-order valence-electron chi connectivity index (χ0n) is 16.7. The van der Waals surface area contributed by atoms with Gasteiger partial charge in [-0.3, -0.25) is 0 Å². The minimum Gasteiger partial charge on any atom is -0.510 e. The van der Waals surface area contributed by atoms with Crippen molar-refractivity contribution in [3.8, 4) is 0 Å². The summed E-state index contributed by atoms with van der Waals surface area (Å²) in [7, 11) is 4.06. The number of pyridine rings is 2. The molecule has 1 fully saturated rings. The van der Waals surface area contributed by atoms with Crippen LogP contribution < -0.4 is 14.5 Å². The molecule has 0 atom stereocenters. The van der Waals surface area contributed by atoms with E-state index in [1.165, 1.54) is 0 Å². The van der Waals surface area contributed by atoms with Crippen LogP contribution in [-0.4, -0.2) is 42.6 Å². The van der Waals surface area contributed by atoms with Gasteiger partial charge in [-0.2, -0.15) is 37.0 Å². The summed E-state index contributed by atoms with van der Waals surface area (Å²) in [5.41, 5.74) is 1.07. The molecule has 0 bridgehead atoms. The van der Waals surface area contributed by atoms with Gasteiger partial charge in [0.15, 0.2) is 0 Å². The number of anilines is 3. The molecule has 0 aliphatic carbocycles. The van der Waals surface area contributed by atoms with Gasteiger partial charge in [-0.25, -0.2) is 9.97 Å². The first kappa shape index (κ1) is 21.9. The van der Waals surface area contributed by atoms with E-state index in [-0.39, 0.29) is 20.1 Å². The Morgan fingerprint density at radius 1 is 0.867 bits per heavy atom. The molecule has 0 unspecified atom stereocenters. The summed E-state index contributed by atoms with van der Waals surface area (Å²) in [6.07, 6.45) is 7.63. The number of rotatable bonds is 3. The van der Waals surface area contributed by atoms with E-state index in [1.807, 2.05) is 109 Å². The number of hydrogen-bond acceptors (Lipinski definition) is 6. The largest absolute Gasteiger partial charge is 0.510 e. The predicted molar refractivity (Wildman–Crippen MR) is 118 cm³/mol. The summed E-state index contributed by atoms with van der Waals surface area (Å²) < 4.78 is 0. The van der Waals surface area contributed by atoms with Crippen LogP contribution in [0.4, 0.5) is 17.3 Å². The van der Waals surface area contributed by atoms with E-state index in [4.69, 9.17) is 0 Å². The fourth-order valence-electron chi connectivity index (χ4n) is 3.03. The molecule has 2 aliphatic heterocycles. The van der Waals surface area contributed by atoms with Gasteiger partial charge in [0, 0.05) is 45.6 Å². The van der Waals surface area contributed by atoms with Crippen molar-refractivity contribution in [1.29, 1.82) is 0 Å².